The number of furan rings is 1. The van der Waals surface area contributed by atoms with Gasteiger partial charge in [-0.1, -0.05) is 115 Å². The van der Waals surface area contributed by atoms with Crippen LogP contribution in [0.25, 0.3) is 82.8 Å². The van der Waals surface area contributed by atoms with E-state index in [0.717, 1.165) is 89.2 Å². The van der Waals surface area contributed by atoms with E-state index in [2.05, 4.69) is 162 Å². The lowest BCUT2D eigenvalue weighted by Crippen LogP contribution is -2.53. The summed E-state index contributed by atoms with van der Waals surface area (Å²) in [4.78, 5) is 0. The number of ether oxygens (including phenoxy) is 1. The molecule has 0 aliphatic carbocycles. The number of rotatable bonds is 3. The van der Waals surface area contributed by atoms with Crippen LogP contribution in [0.2, 0.25) is 0 Å². The second-order valence-electron chi connectivity index (χ2n) is 14.0. The molecule has 246 valence electrons. The first kappa shape index (κ1) is 28.7. The second kappa shape index (κ2) is 10.8. The second-order valence-corrected chi connectivity index (χ2v) is 14.0. The monoisotopic (exact) mass is 677 g/mol. The molecule has 0 N–H and O–H groups in total. The molecular weight excluding hydrogens is 649 g/mol. The van der Waals surface area contributed by atoms with Gasteiger partial charge in [0.15, 0.2) is 0 Å². The van der Waals surface area contributed by atoms with Crippen molar-refractivity contribution in [3.63, 3.8) is 0 Å². The summed E-state index contributed by atoms with van der Waals surface area (Å²) in [6.07, 6.45) is 0. The van der Waals surface area contributed by atoms with E-state index in [0.29, 0.717) is 0 Å². The summed E-state index contributed by atoms with van der Waals surface area (Å²) < 4.78 is 22.3. The van der Waals surface area contributed by atoms with Crippen LogP contribution in [0.15, 0.2) is 174 Å². The van der Waals surface area contributed by atoms with Gasteiger partial charge in [0.05, 0.1) is 16.7 Å². The van der Waals surface area contributed by atoms with Gasteiger partial charge in [0.25, 0.3) is 0 Å². The Bertz CT molecular complexity index is 3100. The minimum Gasteiger partial charge on any atom is -0.551 e. The number of nitrogens with zero attached hydrogens (tertiary/aromatic N) is 1. The van der Waals surface area contributed by atoms with Crippen LogP contribution < -0.4 is 20.3 Å². The summed E-state index contributed by atoms with van der Waals surface area (Å²) in [5, 5.41) is 4.74. The molecule has 4 heterocycles. The normalized spacial score (nSPS) is 12.8. The van der Waals surface area contributed by atoms with Crippen molar-refractivity contribution in [3.05, 3.63) is 170 Å². The van der Waals surface area contributed by atoms with E-state index < -0.39 is 0 Å². The number of para-hydroxylation sites is 4. The standard InChI is InChI=1S/C48H28BNO3/c1-5-15-40(50-41-16-6-2-11-33(41)34-12-3-7-17-42(34)50)32(10-1)31-22-25-39-47(28-31)52-44-19-9-14-38-37-24-21-30(27-46(37)53-49(39)48(38)44)29-20-23-36-35-13-4-8-18-43(35)51-45(36)26-29/h1-28H. The fourth-order valence-corrected chi connectivity index (χ4v) is 8.69. The Hall–Kier alpha value is -6.98. The molecule has 4 nitrogen and oxygen atoms in total. The molecule has 53 heavy (non-hydrogen) atoms. The fourth-order valence-electron chi connectivity index (χ4n) is 8.69. The molecule has 8 aromatic carbocycles. The van der Waals surface area contributed by atoms with Gasteiger partial charge in [-0.3, -0.25) is 0 Å². The molecule has 0 saturated heterocycles. The Balaban J connectivity index is 0.961. The molecule has 5 heteroatoms. The Labute approximate surface area is 305 Å². The van der Waals surface area contributed by atoms with Crippen LogP contribution in [-0.2, 0) is 0 Å². The van der Waals surface area contributed by atoms with Gasteiger partial charge in [0.1, 0.15) is 28.4 Å². The summed E-state index contributed by atoms with van der Waals surface area (Å²) in [7, 11) is 0. The third kappa shape index (κ3) is 4.13. The van der Waals surface area contributed by atoms with Gasteiger partial charge in [-0.2, -0.15) is 0 Å². The molecule has 10 aromatic rings. The van der Waals surface area contributed by atoms with Crippen molar-refractivity contribution in [2.45, 2.75) is 0 Å². The molecule has 0 atom stereocenters. The van der Waals surface area contributed by atoms with Crippen LogP contribution in [-0.4, -0.2) is 11.5 Å². The number of hydrogen-bond donors (Lipinski definition) is 0. The van der Waals surface area contributed by atoms with E-state index in [1.807, 2.05) is 12.1 Å². The van der Waals surface area contributed by atoms with Gasteiger partial charge < -0.3 is 18.4 Å². The summed E-state index contributed by atoms with van der Waals surface area (Å²) in [6, 6.07) is 60.0. The summed E-state index contributed by atoms with van der Waals surface area (Å²) in [5.41, 5.74) is 13.9. The highest BCUT2D eigenvalue weighted by molar-refractivity contribution is 6.84. The number of fused-ring (bicyclic) bond motifs is 10. The van der Waals surface area contributed by atoms with Crippen LogP contribution >= 0.6 is 0 Å². The van der Waals surface area contributed by atoms with E-state index in [9.17, 15) is 0 Å². The van der Waals surface area contributed by atoms with E-state index >= 15 is 0 Å². The highest BCUT2D eigenvalue weighted by atomic mass is 16.5. The maximum atomic E-state index is 6.98. The van der Waals surface area contributed by atoms with Crippen LogP contribution in [0.3, 0.4) is 0 Å². The first-order chi connectivity index (χ1) is 26.3. The van der Waals surface area contributed by atoms with Gasteiger partial charge in [-0.15, -0.1) is 0 Å². The van der Waals surface area contributed by atoms with Crippen molar-refractivity contribution in [1.29, 1.82) is 0 Å². The Morgan fingerprint density at radius 3 is 1.94 bits per heavy atom. The van der Waals surface area contributed by atoms with Crippen molar-refractivity contribution < 1.29 is 13.8 Å². The van der Waals surface area contributed by atoms with Gasteiger partial charge in [0, 0.05) is 43.6 Å². The number of aromatic nitrogens is 1. The highest BCUT2D eigenvalue weighted by Crippen LogP contribution is 2.43. The van der Waals surface area contributed by atoms with Crippen molar-refractivity contribution in [2.75, 3.05) is 0 Å². The predicted octanol–water partition coefficient (Wildman–Crippen LogP) is 11.3. The van der Waals surface area contributed by atoms with Gasteiger partial charge in [-0.05, 0) is 76.9 Å². The first-order valence-corrected chi connectivity index (χ1v) is 18.0. The SMILES string of the molecule is c1ccc(-n2c3ccccc3c3ccccc32)c(-c2ccc3c(c2)Oc2cccc4c2B3Oc2cc(-c3ccc5c(c3)oc3ccccc35)ccc2-4)c1. The molecule has 0 amide bonds. The molecule has 0 radical (unpaired) electrons. The summed E-state index contributed by atoms with van der Waals surface area (Å²) in [5.74, 6) is 2.50. The lowest BCUT2D eigenvalue weighted by atomic mass is 9.51. The number of benzene rings is 8. The molecule has 0 fully saturated rings. The maximum Gasteiger partial charge on any atom is 0.434 e. The lowest BCUT2D eigenvalue weighted by molar-refractivity contribution is 0.479. The molecule has 0 spiro atoms. The zero-order valence-corrected chi connectivity index (χ0v) is 28.4. The zero-order valence-electron chi connectivity index (χ0n) is 28.4. The topological polar surface area (TPSA) is 36.5 Å². The van der Waals surface area contributed by atoms with Crippen LogP contribution in [0.4, 0.5) is 0 Å². The molecule has 2 aliphatic rings. The van der Waals surface area contributed by atoms with E-state index in [1.54, 1.807) is 0 Å². The average molecular weight is 678 g/mol. The minimum atomic E-state index is -0.299. The molecule has 2 aliphatic heterocycles. The largest absolute Gasteiger partial charge is 0.551 e. The van der Waals surface area contributed by atoms with Crippen molar-refractivity contribution >= 4 is 61.6 Å². The minimum absolute atomic E-state index is 0.299. The molecular formula is C48H28BNO3. The zero-order chi connectivity index (χ0) is 34.6. The molecule has 12 rings (SSSR count). The Morgan fingerprint density at radius 1 is 0.415 bits per heavy atom. The van der Waals surface area contributed by atoms with Crippen LogP contribution in [0.5, 0.6) is 17.2 Å². The quantitative estimate of drug-likeness (QED) is 0.175. The summed E-state index contributed by atoms with van der Waals surface area (Å²) in [6.45, 7) is -0.299. The van der Waals surface area contributed by atoms with E-state index in [4.69, 9.17) is 13.8 Å². The van der Waals surface area contributed by atoms with Crippen LogP contribution in [0.1, 0.15) is 0 Å². The smallest absolute Gasteiger partial charge is 0.434 e. The van der Waals surface area contributed by atoms with Gasteiger partial charge >= 0.3 is 6.92 Å². The summed E-state index contributed by atoms with van der Waals surface area (Å²) >= 11 is 0. The van der Waals surface area contributed by atoms with Gasteiger partial charge in [0.2, 0.25) is 0 Å². The van der Waals surface area contributed by atoms with Crippen LogP contribution in [0, 0.1) is 0 Å². The predicted molar refractivity (Wildman–Crippen MR) is 217 cm³/mol. The van der Waals surface area contributed by atoms with Crippen molar-refractivity contribution in [3.8, 4) is 56.3 Å². The lowest BCUT2D eigenvalue weighted by Gasteiger charge is -2.33. The van der Waals surface area contributed by atoms with Crippen molar-refractivity contribution in [1.82, 2.24) is 4.57 Å². The van der Waals surface area contributed by atoms with E-state index in [-0.39, 0.29) is 6.92 Å². The fraction of sp³-hybridized carbons (Fsp3) is 0. The highest BCUT2D eigenvalue weighted by Gasteiger charge is 2.40. The third-order valence-electron chi connectivity index (χ3n) is 11.1. The Morgan fingerprint density at radius 2 is 1.08 bits per heavy atom. The molecule has 2 aromatic heterocycles. The first-order valence-electron chi connectivity index (χ1n) is 18.0. The van der Waals surface area contributed by atoms with Gasteiger partial charge in [-0.25, -0.2) is 0 Å². The van der Waals surface area contributed by atoms with Crippen molar-refractivity contribution in [2.24, 2.45) is 0 Å². The third-order valence-corrected chi connectivity index (χ3v) is 11.1. The molecule has 0 saturated carbocycles. The number of hydrogen-bond acceptors (Lipinski definition) is 3. The Kier molecular flexibility index (Phi) is 5.83. The van der Waals surface area contributed by atoms with E-state index in [1.165, 1.54) is 21.8 Å². The average Bonchev–Trinajstić information content (AvgIpc) is 3.76. The maximum absolute atomic E-state index is 6.98. The molecule has 0 unspecified atom stereocenters. The molecule has 0 bridgehead atoms.